The SMILES string of the molecule is Cc1cc2nc(CCc3ccccc3)n(C)c2cc1C. The van der Waals surface area contributed by atoms with Crippen molar-refractivity contribution in [2.75, 3.05) is 0 Å². The largest absolute Gasteiger partial charge is 0.331 e. The lowest BCUT2D eigenvalue weighted by molar-refractivity contribution is 0.787. The molecule has 0 saturated heterocycles. The highest BCUT2D eigenvalue weighted by atomic mass is 15.1. The van der Waals surface area contributed by atoms with E-state index in [9.17, 15) is 0 Å². The third kappa shape index (κ3) is 2.34. The molecule has 0 amide bonds. The Morgan fingerprint density at radius 3 is 2.40 bits per heavy atom. The van der Waals surface area contributed by atoms with Gasteiger partial charge in [-0.05, 0) is 49.1 Å². The molecule has 1 aromatic heterocycles. The number of rotatable bonds is 3. The second-order valence-corrected chi connectivity index (χ2v) is 5.50. The van der Waals surface area contributed by atoms with Crippen molar-refractivity contribution in [3.63, 3.8) is 0 Å². The van der Waals surface area contributed by atoms with Gasteiger partial charge in [0.2, 0.25) is 0 Å². The summed E-state index contributed by atoms with van der Waals surface area (Å²) in [5.41, 5.74) is 6.35. The molecule has 0 fully saturated rings. The number of aromatic nitrogens is 2. The van der Waals surface area contributed by atoms with Crippen molar-refractivity contribution in [1.29, 1.82) is 0 Å². The molecule has 2 aromatic carbocycles. The van der Waals surface area contributed by atoms with Gasteiger partial charge in [-0.3, -0.25) is 0 Å². The van der Waals surface area contributed by atoms with Crippen LogP contribution in [0.2, 0.25) is 0 Å². The standard InChI is InChI=1S/C18H20N2/c1-13-11-16-17(12-14(13)2)20(3)18(19-16)10-9-15-7-5-4-6-8-15/h4-8,11-12H,9-10H2,1-3H3. The van der Waals surface area contributed by atoms with Crippen LogP contribution < -0.4 is 0 Å². The molecule has 0 aliphatic carbocycles. The third-order valence-electron chi connectivity index (χ3n) is 4.07. The fraction of sp³-hybridized carbons (Fsp3) is 0.278. The summed E-state index contributed by atoms with van der Waals surface area (Å²) in [5, 5.41) is 0. The van der Waals surface area contributed by atoms with Crippen LogP contribution in [-0.2, 0) is 19.9 Å². The maximum absolute atomic E-state index is 4.79. The second-order valence-electron chi connectivity index (χ2n) is 5.50. The molecule has 0 spiro atoms. The smallest absolute Gasteiger partial charge is 0.109 e. The van der Waals surface area contributed by atoms with Gasteiger partial charge >= 0.3 is 0 Å². The van der Waals surface area contributed by atoms with Crippen molar-refractivity contribution in [1.82, 2.24) is 9.55 Å². The van der Waals surface area contributed by atoms with Crippen LogP contribution in [0.3, 0.4) is 0 Å². The minimum atomic E-state index is 0.979. The Morgan fingerprint density at radius 1 is 0.950 bits per heavy atom. The van der Waals surface area contributed by atoms with E-state index >= 15 is 0 Å². The highest BCUT2D eigenvalue weighted by molar-refractivity contribution is 5.78. The van der Waals surface area contributed by atoms with Crippen molar-refractivity contribution in [3.05, 3.63) is 65.0 Å². The summed E-state index contributed by atoms with van der Waals surface area (Å²) in [6, 6.07) is 15.0. The maximum Gasteiger partial charge on any atom is 0.109 e. The molecule has 1 heterocycles. The van der Waals surface area contributed by atoms with E-state index in [4.69, 9.17) is 4.98 Å². The molecule has 20 heavy (non-hydrogen) atoms. The number of hydrogen-bond acceptors (Lipinski definition) is 1. The summed E-state index contributed by atoms with van der Waals surface area (Å²) in [5.74, 6) is 1.16. The van der Waals surface area contributed by atoms with Crippen LogP contribution in [-0.4, -0.2) is 9.55 Å². The summed E-state index contributed by atoms with van der Waals surface area (Å²) in [6.07, 6.45) is 2.02. The van der Waals surface area contributed by atoms with Crippen molar-refractivity contribution in [2.45, 2.75) is 26.7 Å². The zero-order valence-corrected chi connectivity index (χ0v) is 12.4. The van der Waals surface area contributed by atoms with Crippen LogP contribution >= 0.6 is 0 Å². The van der Waals surface area contributed by atoms with E-state index in [1.165, 1.54) is 22.2 Å². The van der Waals surface area contributed by atoms with Crippen LogP contribution in [0.4, 0.5) is 0 Å². The predicted octanol–water partition coefficient (Wildman–Crippen LogP) is 3.98. The van der Waals surface area contributed by atoms with Gasteiger partial charge in [0.1, 0.15) is 5.82 Å². The molecule has 102 valence electrons. The Labute approximate surface area is 120 Å². The summed E-state index contributed by atoms with van der Waals surface area (Å²) in [7, 11) is 2.12. The molecule has 0 aliphatic heterocycles. The van der Waals surface area contributed by atoms with Gasteiger partial charge < -0.3 is 4.57 Å². The number of aryl methyl sites for hydroxylation is 5. The average molecular weight is 264 g/mol. The average Bonchev–Trinajstić information content (AvgIpc) is 2.75. The molecule has 3 aromatic rings. The molecule has 0 radical (unpaired) electrons. The van der Waals surface area contributed by atoms with Gasteiger partial charge in [-0.2, -0.15) is 0 Å². The fourth-order valence-electron chi connectivity index (χ4n) is 2.62. The number of imidazole rings is 1. The van der Waals surface area contributed by atoms with Gasteiger partial charge in [0.15, 0.2) is 0 Å². The molecule has 0 aliphatic rings. The maximum atomic E-state index is 4.79. The molecule has 0 unspecified atom stereocenters. The highest BCUT2D eigenvalue weighted by Crippen LogP contribution is 2.20. The molecular weight excluding hydrogens is 244 g/mol. The van der Waals surface area contributed by atoms with Gasteiger partial charge in [0, 0.05) is 13.5 Å². The Bertz CT molecular complexity index is 739. The number of nitrogens with zero attached hydrogens (tertiary/aromatic N) is 2. The second kappa shape index (κ2) is 5.12. The summed E-state index contributed by atoms with van der Waals surface area (Å²) in [4.78, 5) is 4.79. The summed E-state index contributed by atoms with van der Waals surface area (Å²) < 4.78 is 2.23. The van der Waals surface area contributed by atoms with E-state index in [0.29, 0.717) is 0 Å². The minimum Gasteiger partial charge on any atom is -0.331 e. The molecule has 0 bridgehead atoms. The topological polar surface area (TPSA) is 17.8 Å². The third-order valence-corrected chi connectivity index (χ3v) is 4.07. The molecule has 0 N–H and O–H groups in total. The van der Waals surface area contributed by atoms with E-state index in [1.807, 2.05) is 0 Å². The zero-order chi connectivity index (χ0) is 14.1. The van der Waals surface area contributed by atoms with E-state index < -0.39 is 0 Å². The Hall–Kier alpha value is -2.09. The predicted molar refractivity (Wildman–Crippen MR) is 84.0 cm³/mol. The molecule has 2 nitrogen and oxygen atoms in total. The van der Waals surface area contributed by atoms with Crippen molar-refractivity contribution in [2.24, 2.45) is 7.05 Å². The normalized spacial score (nSPS) is 11.2. The van der Waals surface area contributed by atoms with Crippen LogP contribution in [0.25, 0.3) is 11.0 Å². The first kappa shape index (κ1) is 12.9. The van der Waals surface area contributed by atoms with Crippen LogP contribution in [0.15, 0.2) is 42.5 Å². The van der Waals surface area contributed by atoms with Crippen molar-refractivity contribution < 1.29 is 0 Å². The lowest BCUT2D eigenvalue weighted by Gasteiger charge is -2.04. The van der Waals surface area contributed by atoms with Crippen LogP contribution in [0.1, 0.15) is 22.5 Å². The summed E-state index contributed by atoms with van der Waals surface area (Å²) in [6.45, 7) is 4.30. The van der Waals surface area contributed by atoms with Gasteiger partial charge in [-0.25, -0.2) is 4.98 Å². The van der Waals surface area contributed by atoms with Crippen LogP contribution in [0.5, 0.6) is 0 Å². The lowest BCUT2D eigenvalue weighted by Crippen LogP contribution is -2.00. The number of hydrogen-bond donors (Lipinski definition) is 0. The van der Waals surface area contributed by atoms with Crippen LogP contribution in [0, 0.1) is 13.8 Å². The quantitative estimate of drug-likeness (QED) is 0.699. The monoisotopic (exact) mass is 264 g/mol. The van der Waals surface area contributed by atoms with Crippen molar-refractivity contribution >= 4 is 11.0 Å². The Kier molecular flexibility index (Phi) is 3.31. The van der Waals surface area contributed by atoms with Gasteiger partial charge in [-0.1, -0.05) is 30.3 Å². The first-order chi connectivity index (χ1) is 9.65. The van der Waals surface area contributed by atoms with E-state index in [0.717, 1.165) is 24.2 Å². The van der Waals surface area contributed by atoms with E-state index in [1.54, 1.807) is 0 Å². The first-order valence-electron chi connectivity index (χ1n) is 7.11. The zero-order valence-electron chi connectivity index (χ0n) is 12.4. The molecule has 3 rings (SSSR count). The van der Waals surface area contributed by atoms with Gasteiger partial charge in [-0.15, -0.1) is 0 Å². The van der Waals surface area contributed by atoms with Gasteiger partial charge in [0.05, 0.1) is 11.0 Å². The number of benzene rings is 2. The van der Waals surface area contributed by atoms with E-state index in [-0.39, 0.29) is 0 Å². The minimum absolute atomic E-state index is 0.979. The molecular formula is C18H20N2. The molecule has 0 saturated carbocycles. The van der Waals surface area contributed by atoms with Crippen molar-refractivity contribution in [3.8, 4) is 0 Å². The highest BCUT2D eigenvalue weighted by Gasteiger charge is 2.09. The number of fused-ring (bicyclic) bond motifs is 1. The Morgan fingerprint density at radius 2 is 1.65 bits per heavy atom. The Balaban J connectivity index is 1.90. The molecule has 0 atom stereocenters. The summed E-state index contributed by atoms with van der Waals surface area (Å²) >= 11 is 0. The fourth-order valence-corrected chi connectivity index (χ4v) is 2.62. The first-order valence-corrected chi connectivity index (χ1v) is 7.11. The van der Waals surface area contributed by atoms with E-state index in [2.05, 4.69) is 67.9 Å². The lowest BCUT2D eigenvalue weighted by atomic mass is 10.1. The van der Waals surface area contributed by atoms with Gasteiger partial charge in [0.25, 0.3) is 0 Å². The molecule has 2 heteroatoms.